The van der Waals surface area contributed by atoms with Crippen molar-refractivity contribution in [2.75, 3.05) is 44.2 Å². The van der Waals surface area contributed by atoms with Gasteiger partial charge < -0.3 is 10.2 Å². The fourth-order valence-corrected chi connectivity index (χ4v) is 3.18. The molecule has 1 heterocycles. The molecule has 1 saturated heterocycles. The van der Waals surface area contributed by atoms with E-state index in [1.807, 2.05) is 0 Å². The fourth-order valence-electron chi connectivity index (χ4n) is 2.05. The number of rotatable bonds is 8. The van der Waals surface area contributed by atoms with Crippen molar-refractivity contribution in [3.05, 3.63) is 0 Å². The van der Waals surface area contributed by atoms with Gasteiger partial charge in [0.25, 0.3) is 0 Å². The van der Waals surface area contributed by atoms with Crippen molar-refractivity contribution >= 4 is 10.8 Å². The van der Waals surface area contributed by atoms with Gasteiger partial charge in [-0.2, -0.15) is 0 Å². The van der Waals surface area contributed by atoms with E-state index in [0.29, 0.717) is 0 Å². The molecule has 0 atom stereocenters. The normalized spacial score (nSPS) is 19.0. The van der Waals surface area contributed by atoms with E-state index in [1.54, 1.807) is 0 Å². The number of unbranched alkanes of at least 4 members (excludes halogenated alkanes) is 2. The van der Waals surface area contributed by atoms with Gasteiger partial charge >= 0.3 is 0 Å². The molecule has 0 radical (unpaired) electrons. The molecule has 1 rings (SSSR count). The summed E-state index contributed by atoms with van der Waals surface area (Å²) < 4.78 is 11.2. The van der Waals surface area contributed by atoms with Crippen LogP contribution in [0.3, 0.4) is 0 Å². The van der Waals surface area contributed by atoms with Crippen LogP contribution in [0, 0.1) is 5.92 Å². The molecule has 0 bridgehead atoms. The van der Waals surface area contributed by atoms with Gasteiger partial charge in [0, 0.05) is 35.4 Å². The summed E-state index contributed by atoms with van der Waals surface area (Å²) in [6.07, 6.45) is 3.88. The minimum atomic E-state index is -0.529. The van der Waals surface area contributed by atoms with Crippen molar-refractivity contribution in [2.24, 2.45) is 5.92 Å². The maximum atomic E-state index is 11.2. The zero-order valence-electron chi connectivity index (χ0n) is 11.4. The average molecular weight is 260 g/mol. The molecule has 0 aromatic heterocycles. The predicted molar refractivity (Wildman–Crippen MR) is 75.9 cm³/mol. The molecule has 1 N–H and O–H groups in total. The highest BCUT2D eigenvalue weighted by Crippen LogP contribution is 2.03. The van der Waals surface area contributed by atoms with E-state index in [1.165, 1.54) is 25.8 Å². The number of nitrogens with zero attached hydrogens (tertiary/aromatic N) is 1. The quantitative estimate of drug-likeness (QED) is 0.671. The number of nitrogens with one attached hydrogen (secondary N) is 1. The monoisotopic (exact) mass is 260 g/mol. The molecular weight excluding hydrogens is 232 g/mol. The molecule has 0 spiro atoms. The lowest BCUT2D eigenvalue weighted by molar-refractivity contribution is 0.291. The largest absolute Gasteiger partial charge is 0.316 e. The van der Waals surface area contributed by atoms with Crippen LogP contribution in [0.1, 0.15) is 33.1 Å². The Morgan fingerprint density at radius 3 is 2.53 bits per heavy atom. The Balaban J connectivity index is 1.85. The van der Waals surface area contributed by atoms with Crippen molar-refractivity contribution in [3.8, 4) is 0 Å². The zero-order chi connectivity index (χ0) is 12.5. The van der Waals surface area contributed by atoms with Crippen molar-refractivity contribution in [1.29, 1.82) is 0 Å². The Morgan fingerprint density at radius 1 is 1.18 bits per heavy atom. The molecule has 3 nitrogen and oxygen atoms in total. The van der Waals surface area contributed by atoms with Crippen LogP contribution in [0.15, 0.2) is 0 Å². The third-order valence-electron chi connectivity index (χ3n) is 3.15. The summed E-state index contributed by atoms with van der Waals surface area (Å²) in [5.41, 5.74) is 0. The molecule has 0 aromatic rings. The van der Waals surface area contributed by atoms with E-state index in [2.05, 4.69) is 24.1 Å². The SMILES string of the molecule is CC(C)CNCCCCCN1CCS(=O)CC1. The van der Waals surface area contributed by atoms with Gasteiger partial charge in [-0.15, -0.1) is 0 Å². The van der Waals surface area contributed by atoms with Crippen LogP contribution < -0.4 is 5.32 Å². The average Bonchev–Trinajstić information content (AvgIpc) is 2.30. The zero-order valence-corrected chi connectivity index (χ0v) is 12.2. The Bertz CT molecular complexity index is 211. The molecule has 0 saturated carbocycles. The molecule has 1 aliphatic rings. The highest BCUT2D eigenvalue weighted by Gasteiger charge is 2.13. The summed E-state index contributed by atoms with van der Waals surface area (Å²) in [6.45, 7) is 10.1. The molecule has 1 aliphatic heterocycles. The molecule has 17 heavy (non-hydrogen) atoms. The summed E-state index contributed by atoms with van der Waals surface area (Å²) in [5.74, 6) is 2.52. The molecule has 1 fully saturated rings. The Morgan fingerprint density at radius 2 is 1.88 bits per heavy atom. The van der Waals surface area contributed by atoms with Crippen LogP contribution in [0.5, 0.6) is 0 Å². The third kappa shape index (κ3) is 7.90. The summed E-state index contributed by atoms with van der Waals surface area (Å²) in [5, 5.41) is 3.48. The van der Waals surface area contributed by atoms with Gasteiger partial charge in [0.05, 0.1) is 0 Å². The number of hydrogen-bond donors (Lipinski definition) is 1. The van der Waals surface area contributed by atoms with Gasteiger partial charge in [0.1, 0.15) is 0 Å². The minimum Gasteiger partial charge on any atom is -0.316 e. The predicted octanol–water partition coefficient (Wildman–Crippen LogP) is 1.47. The molecule has 0 aliphatic carbocycles. The van der Waals surface area contributed by atoms with Gasteiger partial charge in [-0.05, 0) is 38.4 Å². The van der Waals surface area contributed by atoms with Crippen LogP contribution in [0.2, 0.25) is 0 Å². The first kappa shape index (κ1) is 15.1. The van der Waals surface area contributed by atoms with Gasteiger partial charge in [-0.3, -0.25) is 4.21 Å². The Labute approximate surface area is 109 Å². The first-order valence-electron chi connectivity index (χ1n) is 6.96. The second-order valence-corrected chi connectivity index (χ2v) is 7.04. The Hall–Kier alpha value is 0.0700. The van der Waals surface area contributed by atoms with Crippen molar-refractivity contribution < 1.29 is 4.21 Å². The molecule has 0 aromatic carbocycles. The summed E-state index contributed by atoms with van der Waals surface area (Å²) in [4.78, 5) is 2.46. The highest BCUT2D eigenvalue weighted by molar-refractivity contribution is 7.85. The van der Waals surface area contributed by atoms with Gasteiger partial charge in [0.2, 0.25) is 0 Å². The van der Waals surface area contributed by atoms with Gasteiger partial charge in [0.15, 0.2) is 0 Å². The topological polar surface area (TPSA) is 32.3 Å². The molecule has 4 heteroatoms. The minimum absolute atomic E-state index is 0.529. The van der Waals surface area contributed by atoms with E-state index in [0.717, 1.165) is 43.6 Å². The van der Waals surface area contributed by atoms with E-state index in [4.69, 9.17) is 0 Å². The van der Waals surface area contributed by atoms with Crippen LogP contribution >= 0.6 is 0 Å². The van der Waals surface area contributed by atoms with Crippen LogP contribution in [0.4, 0.5) is 0 Å². The maximum absolute atomic E-state index is 11.2. The van der Waals surface area contributed by atoms with Crippen LogP contribution in [0.25, 0.3) is 0 Å². The second-order valence-electron chi connectivity index (χ2n) is 5.35. The number of hydrogen-bond acceptors (Lipinski definition) is 3. The van der Waals surface area contributed by atoms with Crippen LogP contribution in [-0.4, -0.2) is 53.3 Å². The second kappa shape index (κ2) is 9.06. The smallest absolute Gasteiger partial charge is 0.0363 e. The van der Waals surface area contributed by atoms with E-state index in [9.17, 15) is 4.21 Å². The lowest BCUT2D eigenvalue weighted by Crippen LogP contribution is -2.38. The van der Waals surface area contributed by atoms with Crippen LogP contribution in [-0.2, 0) is 10.8 Å². The van der Waals surface area contributed by atoms with Crippen molar-refractivity contribution in [1.82, 2.24) is 10.2 Å². The maximum Gasteiger partial charge on any atom is 0.0363 e. The summed E-state index contributed by atoms with van der Waals surface area (Å²) in [6, 6.07) is 0. The Kier molecular flexibility index (Phi) is 8.06. The standard InChI is InChI=1S/C13H28N2OS/c1-13(2)12-14-6-4-3-5-7-15-8-10-17(16)11-9-15/h13-14H,3-12H2,1-2H3. The first-order valence-corrected chi connectivity index (χ1v) is 8.45. The molecule has 0 unspecified atom stereocenters. The summed E-state index contributed by atoms with van der Waals surface area (Å²) >= 11 is 0. The molecule has 102 valence electrons. The van der Waals surface area contributed by atoms with Crippen molar-refractivity contribution in [3.63, 3.8) is 0 Å². The fraction of sp³-hybridized carbons (Fsp3) is 1.00. The lowest BCUT2D eigenvalue weighted by atomic mass is 10.2. The van der Waals surface area contributed by atoms with E-state index in [-0.39, 0.29) is 0 Å². The van der Waals surface area contributed by atoms with E-state index < -0.39 is 10.8 Å². The van der Waals surface area contributed by atoms with Gasteiger partial charge in [-0.25, -0.2) is 0 Å². The van der Waals surface area contributed by atoms with E-state index >= 15 is 0 Å². The third-order valence-corrected chi connectivity index (χ3v) is 4.43. The van der Waals surface area contributed by atoms with Crippen molar-refractivity contribution in [2.45, 2.75) is 33.1 Å². The van der Waals surface area contributed by atoms with Gasteiger partial charge in [-0.1, -0.05) is 20.3 Å². The lowest BCUT2D eigenvalue weighted by Gasteiger charge is -2.25. The highest BCUT2D eigenvalue weighted by atomic mass is 32.2. The first-order chi connectivity index (χ1) is 8.18. The molecular formula is C13H28N2OS. The molecule has 0 amide bonds. The summed E-state index contributed by atoms with van der Waals surface area (Å²) in [7, 11) is -0.529.